The van der Waals surface area contributed by atoms with Gasteiger partial charge in [0.2, 0.25) is 17.7 Å². The molecule has 0 aliphatic carbocycles. The van der Waals surface area contributed by atoms with Crippen molar-refractivity contribution in [2.75, 3.05) is 5.32 Å². The van der Waals surface area contributed by atoms with Crippen LogP contribution in [0.4, 0.5) is 5.69 Å². The van der Waals surface area contributed by atoms with Gasteiger partial charge in [0, 0.05) is 11.3 Å². The van der Waals surface area contributed by atoms with Crippen molar-refractivity contribution in [2.24, 2.45) is 0 Å². The van der Waals surface area contributed by atoms with Gasteiger partial charge >= 0.3 is 0 Å². The number of aromatic nitrogens is 1. The summed E-state index contributed by atoms with van der Waals surface area (Å²) < 4.78 is 5.70. The zero-order valence-electron chi connectivity index (χ0n) is 15.6. The number of aryl methyl sites for hydroxylation is 1. The average Bonchev–Trinajstić information content (AvgIpc) is 3.08. The average molecular weight is 375 g/mol. The zero-order chi connectivity index (χ0) is 19.9. The van der Waals surface area contributed by atoms with Gasteiger partial charge in [-0.05, 0) is 42.8 Å². The molecule has 2 N–H and O–H groups in total. The predicted molar refractivity (Wildman–Crippen MR) is 107 cm³/mol. The summed E-state index contributed by atoms with van der Waals surface area (Å²) in [5.74, 6) is 0.773. The van der Waals surface area contributed by atoms with E-state index in [2.05, 4.69) is 22.2 Å². The van der Waals surface area contributed by atoms with Crippen LogP contribution in [-0.4, -0.2) is 16.8 Å². The number of carbonyl (C=O) groups is 2. The number of hydrogen-bond acceptors (Lipinski definition) is 4. The highest BCUT2D eigenvalue weighted by molar-refractivity contribution is 5.98. The third-order valence-electron chi connectivity index (χ3n) is 4.11. The molecule has 3 rings (SSSR count). The first kappa shape index (κ1) is 19.1. The number of nitrogens with zero attached hydrogens (tertiary/aromatic N) is 1. The monoisotopic (exact) mass is 375 g/mol. The van der Waals surface area contributed by atoms with Crippen LogP contribution >= 0.6 is 0 Å². The van der Waals surface area contributed by atoms with Crippen molar-refractivity contribution in [3.05, 3.63) is 84.3 Å². The summed E-state index contributed by atoms with van der Waals surface area (Å²) in [5, 5.41) is 5.54. The Balaban J connectivity index is 1.59. The van der Waals surface area contributed by atoms with E-state index in [-0.39, 0.29) is 24.8 Å². The van der Waals surface area contributed by atoms with E-state index in [0.717, 1.165) is 11.1 Å². The number of amides is 2. The highest BCUT2D eigenvalue weighted by Crippen LogP contribution is 2.21. The third-order valence-corrected chi connectivity index (χ3v) is 4.11. The van der Waals surface area contributed by atoms with Crippen molar-refractivity contribution in [1.29, 1.82) is 0 Å². The summed E-state index contributed by atoms with van der Waals surface area (Å²) in [6.45, 7) is 5.53. The molecule has 0 atom stereocenters. The second-order valence-electron chi connectivity index (χ2n) is 6.24. The Labute approximate surface area is 163 Å². The summed E-state index contributed by atoms with van der Waals surface area (Å²) in [4.78, 5) is 28.2. The van der Waals surface area contributed by atoms with E-state index in [0.29, 0.717) is 23.0 Å². The van der Waals surface area contributed by atoms with E-state index in [9.17, 15) is 9.59 Å². The van der Waals surface area contributed by atoms with Crippen molar-refractivity contribution in [2.45, 2.75) is 19.9 Å². The maximum atomic E-state index is 12.3. The van der Waals surface area contributed by atoms with Gasteiger partial charge in [0.15, 0.2) is 0 Å². The first-order chi connectivity index (χ1) is 13.5. The van der Waals surface area contributed by atoms with Crippen LogP contribution < -0.4 is 10.6 Å². The Morgan fingerprint density at radius 3 is 2.68 bits per heavy atom. The molecule has 0 aliphatic rings. The Bertz CT molecular complexity index is 993. The van der Waals surface area contributed by atoms with Crippen LogP contribution in [0, 0.1) is 6.92 Å². The molecule has 0 radical (unpaired) electrons. The maximum absolute atomic E-state index is 12.3. The van der Waals surface area contributed by atoms with E-state index in [4.69, 9.17) is 4.42 Å². The highest BCUT2D eigenvalue weighted by atomic mass is 16.4. The van der Waals surface area contributed by atoms with E-state index in [1.54, 1.807) is 18.2 Å². The third kappa shape index (κ3) is 4.94. The van der Waals surface area contributed by atoms with Crippen molar-refractivity contribution in [3.63, 3.8) is 0 Å². The Kier molecular flexibility index (Phi) is 6.01. The van der Waals surface area contributed by atoms with E-state index < -0.39 is 0 Å². The van der Waals surface area contributed by atoms with Gasteiger partial charge in [-0.25, -0.2) is 4.98 Å². The number of oxazole rings is 1. The summed E-state index contributed by atoms with van der Waals surface area (Å²) in [5.41, 5.74) is 3.00. The summed E-state index contributed by atoms with van der Waals surface area (Å²) in [6, 6.07) is 16.7. The fraction of sp³-hybridized carbons (Fsp3) is 0.136. The first-order valence-electron chi connectivity index (χ1n) is 8.86. The lowest BCUT2D eigenvalue weighted by atomic mass is 10.1. The van der Waals surface area contributed by atoms with Crippen LogP contribution in [0.2, 0.25) is 0 Å². The molecule has 6 heteroatoms. The van der Waals surface area contributed by atoms with E-state index in [1.165, 1.54) is 6.08 Å². The number of rotatable bonds is 7. The first-order valence-corrected chi connectivity index (χ1v) is 8.86. The summed E-state index contributed by atoms with van der Waals surface area (Å²) in [7, 11) is 0. The quantitative estimate of drug-likeness (QED) is 0.618. The second kappa shape index (κ2) is 8.81. The fourth-order valence-corrected chi connectivity index (χ4v) is 2.68. The molecule has 2 amide bonds. The van der Waals surface area contributed by atoms with Crippen LogP contribution in [0.25, 0.3) is 11.5 Å². The van der Waals surface area contributed by atoms with E-state index >= 15 is 0 Å². The Hall–Kier alpha value is -3.67. The number of nitrogens with one attached hydrogen (secondary N) is 2. The van der Waals surface area contributed by atoms with Gasteiger partial charge in [-0.3, -0.25) is 9.59 Å². The molecule has 0 bridgehead atoms. The number of carbonyl (C=O) groups excluding carboxylic acids is 2. The van der Waals surface area contributed by atoms with Gasteiger partial charge in [0.05, 0.1) is 13.0 Å². The van der Waals surface area contributed by atoms with E-state index in [1.807, 2.05) is 43.3 Å². The molecular formula is C22H21N3O3. The van der Waals surface area contributed by atoms with Crippen LogP contribution in [0.15, 0.2) is 71.7 Å². The normalized spacial score (nSPS) is 10.3. The van der Waals surface area contributed by atoms with Gasteiger partial charge in [0.25, 0.3) is 0 Å². The van der Waals surface area contributed by atoms with Crippen molar-refractivity contribution in [1.82, 2.24) is 10.3 Å². The van der Waals surface area contributed by atoms with Gasteiger partial charge in [-0.1, -0.05) is 36.9 Å². The minimum absolute atomic E-state index is 0.143. The molecule has 0 aliphatic heterocycles. The van der Waals surface area contributed by atoms with Crippen molar-refractivity contribution in [3.8, 4) is 11.5 Å². The topological polar surface area (TPSA) is 84.2 Å². The van der Waals surface area contributed by atoms with Gasteiger partial charge < -0.3 is 15.1 Å². The van der Waals surface area contributed by atoms with Gasteiger partial charge in [-0.2, -0.15) is 0 Å². The molecule has 2 aromatic carbocycles. The SMILES string of the molecule is C=CC(=O)Nc1cccc(CC(=O)NCc2nc(-c3ccccc3)oc2C)c1. The molecule has 0 saturated carbocycles. The largest absolute Gasteiger partial charge is 0.441 e. The fourth-order valence-electron chi connectivity index (χ4n) is 2.68. The molecule has 0 saturated heterocycles. The molecule has 1 heterocycles. The minimum Gasteiger partial charge on any atom is -0.441 e. The van der Waals surface area contributed by atoms with Gasteiger partial charge in [0.1, 0.15) is 11.5 Å². The molecule has 28 heavy (non-hydrogen) atoms. The predicted octanol–water partition coefficient (Wildman–Crippen LogP) is 3.63. The second-order valence-corrected chi connectivity index (χ2v) is 6.24. The number of anilines is 1. The van der Waals surface area contributed by atoms with Crippen molar-refractivity contribution < 1.29 is 14.0 Å². The molecule has 3 aromatic rings. The summed E-state index contributed by atoms with van der Waals surface area (Å²) >= 11 is 0. The van der Waals surface area contributed by atoms with Gasteiger partial charge in [-0.15, -0.1) is 0 Å². The maximum Gasteiger partial charge on any atom is 0.247 e. The molecule has 0 unspecified atom stereocenters. The lowest BCUT2D eigenvalue weighted by molar-refractivity contribution is -0.120. The van der Waals surface area contributed by atoms with Crippen LogP contribution in [0.1, 0.15) is 17.0 Å². The molecular weight excluding hydrogens is 354 g/mol. The molecule has 142 valence electrons. The Morgan fingerprint density at radius 1 is 1.14 bits per heavy atom. The number of benzene rings is 2. The van der Waals surface area contributed by atoms with Crippen LogP contribution in [0.3, 0.4) is 0 Å². The lowest BCUT2D eigenvalue weighted by Crippen LogP contribution is -2.25. The molecule has 6 nitrogen and oxygen atoms in total. The molecule has 0 spiro atoms. The smallest absolute Gasteiger partial charge is 0.247 e. The zero-order valence-corrected chi connectivity index (χ0v) is 15.6. The summed E-state index contributed by atoms with van der Waals surface area (Å²) in [6.07, 6.45) is 1.39. The highest BCUT2D eigenvalue weighted by Gasteiger charge is 2.12. The number of hydrogen-bond donors (Lipinski definition) is 2. The van der Waals surface area contributed by atoms with Crippen molar-refractivity contribution >= 4 is 17.5 Å². The lowest BCUT2D eigenvalue weighted by Gasteiger charge is -2.07. The molecule has 1 aromatic heterocycles. The Morgan fingerprint density at radius 2 is 1.93 bits per heavy atom. The van der Waals surface area contributed by atoms with Crippen LogP contribution in [0.5, 0.6) is 0 Å². The minimum atomic E-state index is -0.294. The molecule has 0 fully saturated rings. The van der Waals surface area contributed by atoms with Crippen LogP contribution in [-0.2, 0) is 22.6 Å². The standard InChI is InChI=1S/C22H21N3O3/c1-3-20(26)24-18-11-7-8-16(12-18)13-21(27)23-14-19-15(2)28-22(25-19)17-9-5-4-6-10-17/h3-12H,1,13-14H2,2H3,(H,23,27)(H,24,26).